The summed E-state index contributed by atoms with van der Waals surface area (Å²) in [4.78, 5) is 25.7. The molecule has 2 amide bonds. The largest absolute Gasteiger partial charge is 0.319 e. The first-order chi connectivity index (χ1) is 7.40. The van der Waals surface area contributed by atoms with Crippen LogP contribution in [0.2, 0.25) is 0 Å². The summed E-state index contributed by atoms with van der Waals surface area (Å²) in [5.41, 5.74) is 0. The molecule has 86 valence electrons. The SMILES string of the molecule is C#CCC12SSC(C)(C(=O)N1C)N(C)C2=O. The number of hydrogen-bond acceptors (Lipinski definition) is 4. The Balaban J connectivity index is 2.53. The van der Waals surface area contributed by atoms with Crippen LogP contribution in [0.3, 0.4) is 0 Å². The molecule has 3 heterocycles. The molecular weight excluding hydrogens is 244 g/mol. The van der Waals surface area contributed by atoms with E-state index in [4.69, 9.17) is 6.42 Å². The van der Waals surface area contributed by atoms with Gasteiger partial charge in [-0.15, -0.1) is 12.3 Å². The number of carbonyl (C=O) groups excluding carboxylic acids is 2. The monoisotopic (exact) mass is 256 g/mol. The summed E-state index contributed by atoms with van der Waals surface area (Å²) in [6, 6.07) is 0. The van der Waals surface area contributed by atoms with Crippen LogP contribution in [0.15, 0.2) is 0 Å². The summed E-state index contributed by atoms with van der Waals surface area (Å²) in [5.74, 6) is 2.35. The van der Waals surface area contributed by atoms with E-state index in [-0.39, 0.29) is 18.2 Å². The summed E-state index contributed by atoms with van der Waals surface area (Å²) in [6.07, 6.45) is 5.55. The number of terminal acetylenes is 1. The Morgan fingerprint density at radius 2 is 1.88 bits per heavy atom. The molecule has 0 aromatic carbocycles. The van der Waals surface area contributed by atoms with Crippen molar-refractivity contribution in [3.05, 3.63) is 0 Å². The number of rotatable bonds is 1. The van der Waals surface area contributed by atoms with E-state index >= 15 is 0 Å². The summed E-state index contributed by atoms with van der Waals surface area (Å²) in [7, 11) is 6.11. The van der Waals surface area contributed by atoms with E-state index in [2.05, 4.69) is 5.92 Å². The molecule has 2 unspecified atom stereocenters. The average Bonchev–Trinajstić information content (AvgIpc) is 2.27. The highest BCUT2D eigenvalue weighted by Crippen LogP contribution is 2.58. The van der Waals surface area contributed by atoms with Crippen molar-refractivity contribution >= 4 is 33.4 Å². The molecule has 0 aromatic rings. The Bertz CT molecular complexity index is 420. The zero-order valence-electron chi connectivity index (χ0n) is 9.31. The second-order valence-electron chi connectivity index (χ2n) is 4.04. The van der Waals surface area contributed by atoms with Gasteiger partial charge in [0.25, 0.3) is 11.8 Å². The van der Waals surface area contributed by atoms with Gasteiger partial charge in [-0.1, -0.05) is 21.6 Å². The maximum Gasteiger partial charge on any atom is 0.262 e. The summed E-state index contributed by atoms with van der Waals surface area (Å²) >= 11 is 0. The van der Waals surface area contributed by atoms with Gasteiger partial charge in [0.05, 0.1) is 6.42 Å². The van der Waals surface area contributed by atoms with Crippen molar-refractivity contribution in [3.8, 4) is 12.3 Å². The standard InChI is InChI=1S/C10H12N2O2S2/c1-5-6-10-8(14)11(3)9(2,15-16-10)7(13)12(10)4/h1H,6H2,2-4H3. The third-order valence-corrected chi connectivity index (χ3v) is 6.98. The lowest BCUT2D eigenvalue weighted by molar-refractivity contribution is -0.162. The van der Waals surface area contributed by atoms with Crippen LogP contribution >= 0.6 is 21.6 Å². The number of amides is 2. The quantitative estimate of drug-likeness (QED) is 0.513. The zero-order valence-corrected chi connectivity index (χ0v) is 10.9. The van der Waals surface area contributed by atoms with Gasteiger partial charge in [-0.05, 0) is 6.92 Å². The van der Waals surface area contributed by atoms with Gasteiger partial charge in [-0.25, -0.2) is 0 Å². The van der Waals surface area contributed by atoms with Crippen LogP contribution in [0.5, 0.6) is 0 Å². The Morgan fingerprint density at radius 1 is 1.25 bits per heavy atom. The van der Waals surface area contributed by atoms with Gasteiger partial charge in [-0.2, -0.15) is 0 Å². The van der Waals surface area contributed by atoms with Gasteiger partial charge >= 0.3 is 0 Å². The third-order valence-electron chi connectivity index (χ3n) is 3.21. The van der Waals surface area contributed by atoms with E-state index < -0.39 is 9.74 Å². The number of likely N-dealkylation sites (N-methyl/N-ethyl adjacent to an activating group) is 2. The smallest absolute Gasteiger partial charge is 0.262 e. The molecule has 6 heteroatoms. The van der Waals surface area contributed by atoms with E-state index in [1.807, 2.05) is 0 Å². The Labute approximate surface area is 103 Å². The van der Waals surface area contributed by atoms with Gasteiger partial charge in [0.15, 0.2) is 9.74 Å². The second-order valence-corrected chi connectivity index (χ2v) is 6.85. The van der Waals surface area contributed by atoms with Crippen LogP contribution < -0.4 is 0 Å². The van der Waals surface area contributed by atoms with Gasteiger partial charge in [0.2, 0.25) is 0 Å². The van der Waals surface area contributed by atoms with Gasteiger partial charge < -0.3 is 9.80 Å². The molecule has 3 aliphatic rings. The van der Waals surface area contributed by atoms with Crippen molar-refractivity contribution in [1.82, 2.24) is 9.80 Å². The molecule has 2 bridgehead atoms. The Kier molecular flexibility index (Phi) is 2.44. The van der Waals surface area contributed by atoms with Crippen molar-refractivity contribution in [1.29, 1.82) is 0 Å². The first-order valence-electron chi connectivity index (χ1n) is 4.77. The molecule has 0 radical (unpaired) electrons. The lowest BCUT2D eigenvalue weighted by Crippen LogP contribution is -2.74. The Morgan fingerprint density at radius 3 is 2.44 bits per heavy atom. The van der Waals surface area contributed by atoms with E-state index in [1.54, 1.807) is 21.0 Å². The lowest BCUT2D eigenvalue weighted by atomic mass is 10.0. The first kappa shape index (κ1) is 11.7. The number of carbonyl (C=O) groups is 2. The van der Waals surface area contributed by atoms with Crippen LogP contribution in [0.25, 0.3) is 0 Å². The highest BCUT2D eigenvalue weighted by molar-refractivity contribution is 8.78. The van der Waals surface area contributed by atoms with Crippen molar-refractivity contribution in [2.24, 2.45) is 0 Å². The highest BCUT2D eigenvalue weighted by Gasteiger charge is 2.65. The molecule has 0 saturated carbocycles. The minimum Gasteiger partial charge on any atom is -0.319 e. The van der Waals surface area contributed by atoms with Gasteiger partial charge in [-0.3, -0.25) is 9.59 Å². The number of hydrogen-bond donors (Lipinski definition) is 0. The molecule has 3 fully saturated rings. The summed E-state index contributed by atoms with van der Waals surface area (Å²) < 4.78 is 0. The van der Waals surface area contributed by atoms with Gasteiger partial charge in [0, 0.05) is 14.1 Å². The summed E-state index contributed by atoms with van der Waals surface area (Å²) in [6.45, 7) is 1.76. The van der Waals surface area contributed by atoms with E-state index in [9.17, 15) is 9.59 Å². The number of piperazine rings is 1. The fourth-order valence-corrected chi connectivity index (χ4v) is 5.34. The average molecular weight is 256 g/mol. The van der Waals surface area contributed by atoms with Crippen LogP contribution in [0.1, 0.15) is 13.3 Å². The van der Waals surface area contributed by atoms with Gasteiger partial charge in [0.1, 0.15) is 0 Å². The van der Waals surface area contributed by atoms with Crippen LogP contribution in [-0.2, 0) is 9.59 Å². The lowest BCUT2D eigenvalue weighted by Gasteiger charge is -2.57. The number of nitrogens with zero attached hydrogens (tertiary/aromatic N) is 2. The van der Waals surface area contributed by atoms with E-state index in [0.29, 0.717) is 0 Å². The molecule has 16 heavy (non-hydrogen) atoms. The van der Waals surface area contributed by atoms with Crippen molar-refractivity contribution in [3.63, 3.8) is 0 Å². The number of fused-ring (bicyclic) bond motifs is 3. The van der Waals surface area contributed by atoms with E-state index in [0.717, 1.165) is 0 Å². The maximum absolute atomic E-state index is 12.3. The molecule has 4 nitrogen and oxygen atoms in total. The molecule has 0 aromatic heterocycles. The van der Waals surface area contributed by atoms with Crippen LogP contribution in [-0.4, -0.2) is 45.5 Å². The second kappa shape index (κ2) is 3.34. The fourth-order valence-electron chi connectivity index (χ4n) is 1.91. The van der Waals surface area contributed by atoms with Crippen LogP contribution in [0.4, 0.5) is 0 Å². The predicted octanol–water partition coefficient (Wildman–Crippen LogP) is 0.748. The molecule has 0 aliphatic carbocycles. The zero-order chi connectivity index (χ0) is 12.1. The normalized spacial score (nSPS) is 37.9. The van der Waals surface area contributed by atoms with Crippen molar-refractivity contribution in [2.75, 3.05) is 14.1 Å². The van der Waals surface area contributed by atoms with E-state index in [1.165, 1.54) is 31.4 Å². The predicted molar refractivity (Wildman–Crippen MR) is 65.3 cm³/mol. The molecule has 3 aliphatic heterocycles. The molecule has 2 atom stereocenters. The van der Waals surface area contributed by atoms with Crippen molar-refractivity contribution in [2.45, 2.75) is 23.1 Å². The fraction of sp³-hybridized carbons (Fsp3) is 0.600. The Hall–Kier alpha value is -0.800. The minimum atomic E-state index is -0.914. The van der Waals surface area contributed by atoms with Crippen molar-refractivity contribution < 1.29 is 9.59 Å². The maximum atomic E-state index is 12.3. The summed E-state index contributed by atoms with van der Waals surface area (Å²) in [5, 5.41) is 0. The minimum absolute atomic E-state index is 0.0615. The molecule has 0 N–H and O–H groups in total. The molecule has 3 rings (SSSR count). The third kappa shape index (κ3) is 1.10. The topological polar surface area (TPSA) is 40.6 Å². The molecule has 3 saturated heterocycles. The van der Waals surface area contributed by atoms with Crippen LogP contribution in [0, 0.1) is 12.3 Å². The molecular formula is C10H12N2O2S2. The molecule has 0 spiro atoms. The highest BCUT2D eigenvalue weighted by atomic mass is 33.1. The first-order valence-corrected chi connectivity index (χ1v) is 6.92.